The molecule has 0 radical (unpaired) electrons. The van der Waals surface area contributed by atoms with E-state index in [0.29, 0.717) is 19.7 Å². The Morgan fingerprint density at radius 1 is 1.47 bits per heavy atom. The maximum atomic E-state index is 11.2. The van der Waals surface area contributed by atoms with Gasteiger partial charge < -0.3 is 9.84 Å². The van der Waals surface area contributed by atoms with E-state index in [-0.39, 0.29) is 11.5 Å². The maximum Gasteiger partial charge on any atom is 0.321 e. The number of hydrogen-bond donors (Lipinski definition) is 1. The fourth-order valence-corrected chi connectivity index (χ4v) is 2.15. The van der Waals surface area contributed by atoms with Crippen molar-refractivity contribution in [1.82, 2.24) is 4.90 Å². The predicted molar refractivity (Wildman–Crippen MR) is 57.9 cm³/mol. The first-order valence-electron chi connectivity index (χ1n) is 5.44. The Labute approximate surface area is 91.2 Å². The second-order valence-electron chi connectivity index (χ2n) is 5.11. The number of rotatable bonds is 3. The van der Waals surface area contributed by atoms with Crippen LogP contribution in [0.1, 0.15) is 27.7 Å². The first-order chi connectivity index (χ1) is 6.83. The van der Waals surface area contributed by atoms with Crippen molar-refractivity contribution >= 4 is 5.97 Å². The van der Waals surface area contributed by atoms with Crippen LogP contribution in [-0.2, 0) is 9.53 Å². The molecule has 0 bridgehead atoms. The molecule has 1 saturated heterocycles. The first-order valence-corrected chi connectivity index (χ1v) is 5.44. The number of aliphatic carboxylic acids is 1. The molecule has 0 aromatic heterocycles. The third kappa shape index (κ3) is 3.18. The van der Waals surface area contributed by atoms with Gasteiger partial charge >= 0.3 is 5.97 Å². The van der Waals surface area contributed by atoms with Crippen LogP contribution in [0.15, 0.2) is 0 Å². The van der Waals surface area contributed by atoms with E-state index in [1.807, 2.05) is 32.6 Å². The summed E-state index contributed by atoms with van der Waals surface area (Å²) in [6.45, 7) is 9.89. The third-order valence-corrected chi connectivity index (χ3v) is 2.73. The van der Waals surface area contributed by atoms with Crippen LogP contribution in [0.4, 0.5) is 0 Å². The SMILES string of the molecule is CC(C)C(C(=O)O)N1CCOC(C)(C)C1. The highest BCUT2D eigenvalue weighted by Gasteiger charge is 2.35. The van der Waals surface area contributed by atoms with Crippen LogP contribution in [0.25, 0.3) is 0 Å². The number of hydrogen-bond acceptors (Lipinski definition) is 3. The number of carbonyl (C=O) groups is 1. The topological polar surface area (TPSA) is 49.8 Å². The molecule has 4 heteroatoms. The molecule has 0 aromatic rings. The number of carboxylic acids is 1. The highest BCUT2D eigenvalue weighted by Crippen LogP contribution is 2.21. The van der Waals surface area contributed by atoms with E-state index in [1.54, 1.807) is 0 Å². The highest BCUT2D eigenvalue weighted by atomic mass is 16.5. The molecule has 0 spiro atoms. The fourth-order valence-electron chi connectivity index (χ4n) is 2.15. The molecule has 1 unspecified atom stereocenters. The molecule has 15 heavy (non-hydrogen) atoms. The summed E-state index contributed by atoms with van der Waals surface area (Å²) in [5.41, 5.74) is -0.235. The van der Waals surface area contributed by atoms with Crippen LogP contribution < -0.4 is 0 Å². The Bertz CT molecular complexity index is 238. The van der Waals surface area contributed by atoms with Crippen molar-refractivity contribution in [3.63, 3.8) is 0 Å². The van der Waals surface area contributed by atoms with Gasteiger partial charge in [-0.15, -0.1) is 0 Å². The van der Waals surface area contributed by atoms with Gasteiger partial charge in [-0.3, -0.25) is 9.69 Å². The van der Waals surface area contributed by atoms with Crippen molar-refractivity contribution < 1.29 is 14.6 Å². The van der Waals surface area contributed by atoms with Crippen molar-refractivity contribution in [1.29, 1.82) is 0 Å². The van der Waals surface area contributed by atoms with Gasteiger partial charge in [0.1, 0.15) is 6.04 Å². The lowest BCUT2D eigenvalue weighted by atomic mass is 9.99. The van der Waals surface area contributed by atoms with Gasteiger partial charge in [0.05, 0.1) is 12.2 Å². The summed E-state index contributed by atoms with van der Waals surface area (Å²) in [6.07, 6.45) is 0. The molecule has 0 aromatic carbocycles. The van der Waals surface area contributed by atoms with Crippen LogP contribution in [-0.4, -0.2) is 47.3 Å². The lowest BCUT2D eigenvalue weighted by molar-refractivity contribution is -0.153. The van der Waals surface area contributed by atoms with Gasteiger partial charge in [0, 0.05) is 13.1 Å². The van der Waals surface area contributed by atoms with E-state index in [1.165, 1.54) is 0 Å². The quantitative estimate of drug-likeness (QED) is 0.768. The van der Waals surface area contributed by atoms with Crippen molar-refractivity contribution in [2.24, 2.45) is 5.92 Å². The van der Waals surface area contributed by atoms with Crippen molar-refractivity contribution in [2.75, 3.05) is 19.7 Å². The summed E-state index contributed by atoms with van der Waals surface area (Å²) in [7, 11) is 0. The van der Waals surface area contributed by atoms with E-state index in [0.717, 1.165) is 0 Å². The summed E-state index contributed by atoms with van der Waals surface area (Å²) in [4.78, 5) is 13.2. The zero-order chi connectivity index (χ0) is 11.6. The second kappa shape index (κ2) is 4.49. The minimum Gasteiger partial charge on any atom is -0.480 e. The van der Waals surface area contributed by atoms with Crippen molar-refractivity contribution in [3.8, 4) is 0 Å². The van der Waals surface area contributed by atoms with Gasteiger partial charge in [-0.25, -0.2) is 0 Å². The van der Waals surface area contributed by atoms with Gasteiger partial charge in [0.25, 0.3) is 0 Å². The zero-order valence-corrected chi connectivity index (χ0v) is 9.99. The molecule has 0 amide bonds. The Morgan fingerprint density at radius 3 is 2.47 bits per heavy atom. The van der Waals surface area contributed by atoms with Crippen LogP contribution in [0, 0.1) is 5.92 Å². The smallest absolute Gasteiger partial charge is 0.321 e. The van der Waals surface area contributed by atoms with Crippen molar-refractivity contribution in [3.05, 3.63) is 0 Å². The monoisotopic (exact) mass is 215 g/mol. The summed E-state index contributed by atoms with van der Waals surface area (Å²) in [5.74, 6) is -0.612. The molecule has 1 heterocycles. The van der Waals surface area contributed by atoms with E-state index >= 15 is 0 Å². The molecule has 4 nitrogen and oxygen atoms in total. The summed E-state index contributed by atoms with van der Waals surface area (Å²) in [6, 6.07) is -0.395. The van der Waals surface area contributed by atoms with Gasteiger partial charge in [0.15, 0.2) is 0 Å². The normalized spacial score (nSPS) is 24.1. The third-order valence-electron chi connectivity index (χ3n) is 2.73. The largest absolute Gasteiger partial charge is 0.480 e. The van der Waals surface area contributed by atoms with E-state index < -0.39 is 12.0 Å². The number of nitrogens with zero attached hydrogens (tertiary/aromatic N) is 1. The first kappa shape index (κ1) is 12.5. The number of carboxylic acid groups (broad SMARTS) is 1. The molecular formula is C11H21NO3. The molecule has 1 N–H and O–H groups in total. The molecule has 88 valence electrons. The van der Waals surface area contributed by atoms with Gasteiger partial charge in [-0.1, -0.05) is 13.8 Å². The number of morpholine rings is 1. The highest BCUT2D eigenvalue weighted by molar-refractivity contribution is 5.73. The van der Waals surface area contributed by atoms with E-state index in [4.69, 9.17) is 4.74 Å². The van der Waals surface area contributed by atoms with Gasteiger partial charge in [-0.05, 0) is 19.8 Å². The van der Waals surface area contributed by atoms with E-state index in [2.05, 4.69) is 0 Å². The second-order valence-corrected chi connectivity index (χ2v) is 5.11. The standard InChI is InChI=1S/C11H21NO3/c1-8(2)9(10(13)14)12-5-6-15-11(3,4)7-12/h8-9H,5-7H2,1-4H3,(H,13,14). The summed E-state index contributed by atoms with van der Waals surface area (Å²) < 4.78 is 5.57. The van der Waals surface area contributed by atoms with Crippen LogP contribution in [0.5, 0.6) is 0 Å². The average Bonchev–Trinajstić information content (AvgIpc) is 1.99. The van der Waals surface area contributed by atoms with Gasteiger partial charge in [0.2, 0.25) is 0 Å². The summed E-state index contributed by atoms with van der Waals surface area (Å²) in [5, 5.41) is 9.18. The predicted octanol–water partition coefficient (Wildman–Crippen LogP) is 1.21. The molecule has 0 saturated carbocycles. The molecule has 1 fully saturated rings. The van der Waals surface area contributed by atoms with Gasteiger partial charge in [-0.2, -0.15) is 0 Å². The number of ether oxygens (including phenoxy) is 1. The molecule has 1 atom stereocenters. The molecule has 1 aliphatic heterocycles. The Balaban J connectivity index is 2.72. The van der Waals surface area contributed by atoms with Crippen molar-refractivity contribution in [2.45, 2.75) is 39.3 Å². The molecule has 1 aliphatic rings. The summed E-state index contributed by atoms with van der Waals surface area (Å²) >= 11 is 0. The molecule has 1 rings (SSSR count). The Hall–Kier alpha value is -0.610. The minimum atomic E-state index is -0.734. The lowest BCUT2D eigenvalue weighted by Gasteiger charge is -2.41. The van der Waals surface area contributed by atoms with Crippen LogP contribution in [0.3, 0.4) is 0 Å². The van der Waals surface area contributed by atoms with Crippen LogP contribution >= 0.6 is 0 Å². The molecular weight excluding hydrogens is 194 g/mol. The Morgan fingerprint density at radius 2 is 2.07 bits per heavy atom. The lowest BCUT2D eigenvalue weighted by Crippen LogP contribution is -2.55. The molecule has 0 aliphatic carbocycles. The maximum absolute atomic E-state index is 11.2. The average molecular weight is 215 g/mol. The van der Waals surface area contributed by atoms with Crippen LogP contribution in [0.2, 0.25) is 0 Å². The minimum absolute atomic E-state index is 0.122. The zero-order valence-electron chi connectivity index (χ0n) is 9.99. The van der Waals surface area contributed by atoms with E-state index in [9.17, 15) is 9.90 Å². The Kier molecular flexibility index (Phi) is 3.73. The fraction of sp³-hybridized carbons (Fsp3) is 0.909.